The van der Waals surface area contributed by atoms with Crippen LogP contribution in [-0.2, 0) is 0 Å². The first-order valence-corrected chi connectivity index (χ1v) is 6.19. The number of likely N-dealkylation sites (N-methyl/N-ethyl adjacent to an activating group) is 1. The Kier molecular flexibility index (Phi) is 3.39. The molecule has 0 aromatic carbocycles. The molecule has 92 valence electrons. The molecular formula is C10H13N3O3S. The number of hydrogen-bond acceptors (Lipinski definition) is 5. The second-order valence-corrected chi connectivity index (χ2v) is 4.85. The van der Waals surface area contributed by atoms with Gasteiger partial charge in [-0.1, -0.05) is 11.3 Å². The molecule has 0 saturated carbocycles. The van der Waals surface area contributed by atoms with Gasteiger partial charge in [-0.05, 0) is 13.5 Å². The van der Waals surface area contributed by atoms with Gasteiger partial charge in [0.25, 0.3) is 5.91 Å². The lowest BCUT2D eigenvalue weighted by molar-refractivity contribution is -0.380. The summed E-state index contributed by atoms with van der Waals surface area (Å²) in [6.07, 6.45) is 0.925. The van der Waals surface area contributed by atoms with Gasteiger partial charge in [-0.3, -0.25) is 14.9 Å². The highest BCUT2D eigenvalue weighted by molar-refractivity contribution is 7.13. The molecule has 2 rings (SSSR count). The number of nitrogens with one attached hydrogen (secondary N) is 1. The van der Waals surface area contributed by atoms with Crippen LogP contribution in [0.2, 0.25) is 0 Å². The Morgan fingerprint density at radius 1 is 1.71 bits per heavy atom. The van der Waals surface area contributed by atoms with Crippen LogP contribution in [-0.4, -0.2) is 41.9 Å². The van der Waals surface area contributed by atoms with Crippen molar-refractivity contribution in [2.45, 2.75) is 12.5 Å². The lowest BCUT2D eigenvalue weighted by Gasteiger charge is -2.15. The van der Waals surface area contributed by atoms with Gasteiger partial charge in [-0.2, -0.15) is 0 Å². The molecule has 0 bridgehead atoms. The van der Waals surface area contributed by atoms with Crippen LogP contribution in [0.3, 0.4) is 0 Å². The molecule has 1 saturated heterocycles. The minimum atomic E-state index is -0.470. The Morgan fingerprint density at radius 2 is 2.47 bits per heavy atom. The fraction of sp³-hybridized carbons (Fsp3) is 0.500. The van der Waals surface area contributed by atoms with E-state index in [2.05, 4.69) is 5.32 Å². The number of carbonyl (C=O) groups is 1. The first-order valence-electron chi connectivity index (χ1n) is 5.31. The van der Waals surface area contributed by atoms with E-state index in [9.17, 15) is 14.9 Å². The molecule has 1 N–H and O–H groups in total. The van der Waals surface area contributed by atoms with Crippen molar-refractivity contribution in [2.75, 3.05) is 20.1 Å². The highest BCUT2D eigenvalue weighted by Crippen LogP contribution is 2.24. The van der Waals surface area contributed by atoms with E-state index >= 15 is 0 Å². The average Bonchev–Trinajstić information content (AvgIpc) is 2.97. The van der Waals surface area contributed by atoms with Crippen LogP contribution in [0.4, 0.5) is 5.00 Å². The second-order valence-electron chi connectivity index (χ2n) is 3.96. The molecule has 0 aliphatic carbocycles. The number of thiophene rings is 1. The van der Waals surface area contributed by atoms with Gasteiger partial charge in [0.15, 0.2) is 0 Å². The molecule has 1 unspecified atom stereocenters. The highest BCUT2D eigenvalue weighted by Gasteiger charge is 2.27. The monoisotopic (exact) mass is 255 g/mol. The molecule has 1 amide bonds. The molecule has 1 aliphatic rings. The van der Waals surface area contributed by atoms with E-state index in [1.165, 1.54) is 6.07 Å². The number of nitrogens with zero attached hydrogens (tertiary/aromatic N) is 2. The number of rotatable bonds is 3. The van der Waals surface area contributed by atoms with E-state index in [-0.39, 0.29) is 10.9 Å². The summed E-state index contributed by atoms with van der Waals surface area (Å²) in [5, 5.41) is 15.2. The lowest BCUT2D eigenvalue weighted by atomic mass is 10.3. The summed E-state index contributed by atoms with van der Waals surface area (Å²) in [5.74, 6) is -0.118. The van der Waals surface area contributed by atoms with Crippen LogP contribution in [0.25, 0.3) is 0 Å². The standard InChI is InChI=1S/C10H13N3O3S/c1-11-8-2-3-12(5-8)10(14)7-4-9(13(15)16)17-6-7/h4,6,8,11H,2-3,5H2,1H3. The van der Waals surface area contributed by atoms with Gasteiger partial charge in [0.1, 0.15) is 0 Å². The van der Waals surface area contributed by atoms with Crippen LogP contribution in [0.5, 0.6) is 0 Å². The van der Waals surface area contributed by atoms with Crippen molar-refractivity contribution in [3.63, 3.8) is 0 Å². The maximum atomic E-state index is 12.0. The zero-order valence-electron chi connectivity index (χ0n) is 9.38. The van der Waals surface area contributed by atoms with Crippen molar-refractivity contribution in [3.05, 3.63) is 27.1 Å². The molecule has 1 aliphatic heterocycles. The third-order valence-electron chi connectivity index (χ3n) is 2.90. The number of carbonyl (C=O) groups excluding carboxylic acids is 1. The zero-order chi connectivity index (χ0) is 12.4. The topological polar surface area (TPSA) is 75.5 Å². The van der Waals surface area contributed by atoms with Gasteiger partial charge in [-0.15, -0.1) is 0 Å². The summed E-state index contributed by atoms with van der Waals surface area (Å²) in [5.41, 5.74) is 0.415. The Bertz CT molecular complexity index is 446. The summed E-state index contributed by atoms with van der Waals surface area (Å²) in [6.45, 7) is 1.37. The SMILES string of the molecule is CNC1CCN(C(=O)c2csc([N+](=O)[O-])c2)C1. The fourth-order valence-corrected chi connectivity index (χ4v) is 2.59. The summed E-state index contributed by atoms with van der Waals surface area (Å²) >= 11 is 0.989. The van der Waals surface area contributed by atoms with E-state index in [4.69, 9.17) is 0 Å². The molecule has 1 aromatic heterocycles. The van der Waals surface area contributed by atoms with Gasteiger partial charge < -0.3 is 10.2 Å². The number of hydrogen-bond donors (Lipinski definition) is 1. The summed E-state index contributed by atoms with van der Waals surface area (Å²) in [7, 11) is 1.87. The summed E-state index contributed by atoms with van der Waals surface area (Å²) in [4.78, 5) is 23.8. The predicted octanol–water partition coefficient (Wildman–Crippen LogP) is 1.09. The molecule has 17 heavy (non-hydrogen) atoms. The number of nitro groups is 1. The van der Waals surface area contributed by atoms with Crippen LogP contribution in [0.15, 0.2) is 11.4 Å². The first-order chi connectivity index (χ1) is 8.11. The molecule has 1 fully saturated rings. The van der Waals surface area contributed by atoms with E-state index in [0.717, 1.165) is 17.8 Å². The predicted molar refractivity (Wildman–Crippen MR) is 64.3 cm³/mol. The van der Waals surface area contributed by atoms with Crippen molar-refractivity contribution in [1.82, 2.24) is 10.2 Å². The Labute approximate surface area is 102 Å². The summed E-state index contributed by atoms with van der Waals surface area (Å²) < 4.78 is 0. The van der Waals surface area contributed by atoms with E-state index < -0.39 is 4.92 Å². The van der Waals surface area contributed by atoms with E-state index in [1.807, 2.05) is 7.05 Å². The lowest BCUT2D eigenvalue weighted by Crippen LogP contribution is -2.33. The van der Waals surface area contributed by atoms with Gasteiger partial charge in [0.05, 0.1) is 10.5 Å². The van der Waals surface area contributed by atoms with Crippen LogP contribution in [0.1, 0.15) is 16.8 Å². The smallest absolute Gasteiger partial charge is 0.324 e. The maximum absolute atomic E-state index is 12.0. The minimum absolute atomic E-state index is 0.0118. The third-order valence-corrected chi connectivity index (χ3v) is 3.78. The number of amides is 1. The van der Waals surface area contributed by atoms with E-state index in [0.29, 0.717) is 24.7 Å². The van der Waals surface area contributed by atoms with Crippen molar-refractivity contribution in [2.24, 2.45) is 0 Å². The Hall–Kier alpha value is -1.47. The van der Waals surface area contributed by atoms with Crippen LogP contribution in [0, 0.1) is 10.1 Å². The van der Waals surface area contributed by atoms with E-state index in [1.54, 1.807) is 10.3 Å². The molecule has 0 spiro atoms. The first kappa shape index (κ1) is 12.0. The van der Waals surface area contributed by atoms with Crippen LogP contribution < -0.4 is 5.32 Å². The zero-order valence-corrected chi connectivity index (χ0v) is 10.2. The average molecular weight is 255 g/mol. The van der Waals surface area contributed by atoms with Gasteiger partial charge in [-0.25, -0.2) is 0 Å². The van der Waals surface area contributed by atoms with Crippen LogP contribution >= 0.6 is 11.3 Å². The molecule has 1 aromatic rings. The second kappa shape index (κ2) is 4.80. The normalized spacial score (nSPS) is 19.6. The third kappa shape index (κ3) is 2.45. The van der Waals surface area contributed by atoms with Gasteiger partial charge >= 0.3 is 5.00 Å². The Balaban J connectivity index is 2.07. The quantitative estimate of drug-likeness (QED) is 0.648. The molecule has 7 heteroatoms. The van der Waals surface area contributed by atoms with Crippen molar-refractivity contribution >= 4 is 22.2 Å². The van der Waals surface area contributed by atoms with Crippen molar-refractivity contribution in [1.29, 1.82) is 0 Å². The molecule has 0 radical (unpaired) electrons. The molecular weight excluding hydrogens is 242 g/mol. The molecule has 1 atom stereocenters. The highest BCUT2D eigenvalue weighted by atomic mass is 32.1. The van der Waals surface area contributed by atoms with Crippen molar-refractivity contribution in [3.8, 4) is 0 Å². The molecule has 2 heterocycles. The maximum Gasteiger partial charge on any atom is 0.324 e. The van der Waals surface area contributed by atoms with Gasteiger partial charge in [0.2, 0.25) is 0 Å². The number of likely N-dealkylation sites (tertiary alicyclic amines) is 1. The summed E-state index contributed by atoms with van der Waals surface area (Å²) in [6, 6.07) is 1.67. The van der Waals surface area contributed by atoms with Crippen molar-refractivity contribution < 1.29 is 9.72 Å². The Morgan fingerprint density at radius 3 is 3.00 bits per heavy atom. The largest absolute Gasteiger partial charge is 0.337 e. The fourth-order valence-electron chi connectivity index (χ4n) is 1.90. The molecule has 6 nitrogen and oxygen atoms in total. The van der Waals surface area contributed by atoms with Gasteiger partial charge in [0, 0.05) is 30.6 Å². The minimum Gasteiger partial charge on any atom is -0.337 e.